The SMILES string of the molecule is CCC(CC(N)=NO)NCCc1ccccn1. The zero-order chi connectivity index (χ0) is 12.5. The Hall–Kier alpha value is -1.62. The molecule has 4 N–H and O–H groups in total. The Labute approximate surface area is 102 Å². The molecule has 0 radical (unpaired) electrons. The molecule has 5 heteroatoms. The molecule has 1 rings (SSSR count). The summed E-state index contributed by atoms with van der Waals surface area (Å²) in [4.78, 5) is 4.25. The quantitative estimate of drug-likeness (QED) is 0.287. The Morgan fingerprint density at radius 3 is 3.00 bits per heavy atom. The van der Waals surface area contributed by atoms with Crippen molar-refractivity contribution in [3.63, 3.8) is 0 Å². The lowest BCUT2D eigenvalue weighted by molar-refractivity contribution is 0.315. The van der Waals surface area contributed by atoms with Gasteiger partial charge in [-0.15, -0.1) is 0 Å². The van der Waals surface area contributed by atoms with Gasteiger partial charge >= 0.3 is 0 Å². The van der Waals surface area contributed by atoms with E-state index in [4.69, 9.17) is 10.9 Å². The van der Waals surface area contributed by atoms with Gasteiger partial charge in [0.05, 0.1) is 0 Å². The van der Waals surface area contributed by atoms with Gasteiger partial charge in [0.2, 0.25) is 0 Å². The molecule has 0 fully saturated rings. The van der Waals surface area contributed by atoms with E-state index >= 15 is 0 Å². The van der Waals surface area contributed by atoms with Gasteiger partial charge in [-0.05, 0) is 18.6 Å². The van der Waals surface area contributed by atoms with Crippen molar-refractivity contribution in [3.8, 4) is 0 Å². The molecule has 1 aromatic heterocycles. The molecule has 0 aliphatic carbocycles. The second kappa shape index (κ2) is 7.62. The predicted molar refractivity (Wildman–Crippen MR) is 68.0 cm³/mol. The Balaban J connectivity index is 2.29. The summed E-state index contributed by atoms with van der Waals surface area (Å²) in [5.41, 5.74) is 6.55. The smallest absolute Gasteiger partial charge is 0.140 e. The first kappa shape index (κ1) is 13.4. The summed E-state index contributed by atoms with van der Waals surface area (Å²) in [7, 11) is 0. The van der Waals surface area contributed by atoms with Crippen molar-refractivity contribution in [2.24, 2.45) is 10.9 Å². The summed E-state index contributed by atoms with van der Waals surface area (Å²) in [5, 5.41) is 14.9. The van der Waals surface area contributed by atoms with Crippen LogP contribution in [0.3, 0.4) is 0 Å². The molecule has 0 bridgehead atoms. The van der Waals surface area contributed by atoms with Crippen LogP contribution in [-0.2, 0) is 6.42 Å². The van der Waals surface area contributed by atoms with Crippen molar-refractivity contribution in [2.75, 3.05) is 6.54 Å². The molecular formula is C12H20N4O. The molecule has 0 saturated heterocycles. The minimum atomic E-state index is 0.245. The van der Waals surface area contributed by atoms with Crippen molar-refractivity contribution in [1.82, 2.24) is 10.3 Å². The maximum atomic E-state index is 8.51. The number of pyridine rings is 1. The fraction of sp³-hybridized carbons (Fsp3) is 0.500. The number of amidine groups is 1. The van der Waals surface area contributed by atoms with Gasteiger partial charge in [0.25, 0.3) is 0 Å². The molecule has 1 heterocycles. The average Bonchev–Trinajstić information content (AvgIpc) is 2.38. The zero-order valence-corrected chi connectivity index (χ0v) is 10.1. The summed E-state index contributed by atoms with van der Waals surface area (Å²) in [5.74, 6) is 0.266. The molecule has 1 aromatic rings. The fourth-order valence-electron chi connectivity index (χ4n) is 1.60. The normalized spacial score (nSPS) is 13.6. The Morgan fingerprint density at radius 1 is 1.59 bits per heavy atom. The lowest BCUT2D eigenvalue weighted by Gasteiger charge is -2.15. The molecule has 0 amide bonds. The van der Waals surface area contributed by atoms with Gasteiger partial charge in [-0.25, -0.2) is 0 Å². The van der Waals surface area contributed by atoms with Crippen LogP contribution in [0.1, 0.15) is 25.5 Å². The van der Waals surface area contributed by atoms with E-state index in [1.54, 1.807) is 6.20 Å². The first-order valence-corrected chi connectivity index (χ1v) is 5.86. The summed E-state index contributed by atoms with van der Waals surface area (Å²) in [6.45, 7) is 2.91. The highest BCUT2D eigenvalue weighted by Gasteiger charge is 2.07. The highest BCUT2D eigenvalue weighted by molar-refractivity contribution is 5.80. The third-order valence-electron chi connectivity index (χ3n) is 2.62. The molecule has 17 heavy (non-hydrogen) atoms. The Kier molecular flexibility index (Phi) is 6.03. The van der Waals surface area contributed by atoms with E-state index in [9.17, 15) is 0 Å². The van der Waals surface area contributed by atoms with Crippen LogP contribution in [-0.4, -0.2) is 28.6 Å². The maximum absolute atomic E-state index is 8.51. The molecule has 0 aliphatic rings. The summed E-state index contributed by atoms with van der Waals surface area (Å²) < 4.78 is 0. The lowest BCUT2D eigenvalue weighted by atomic mass is 10.1. The van der Waals surface area contributed by atoms with Crippen LogP contribution in [0.2, 0.25) is 0 Å². The van der Waals surface area contributed by atoms with Gasteiger partial charge < -0.3 is 16.3 Å². The number of nitrogens with one attached hydrogen (secondary N) is 1. The monoisotopic (exact) mass is 236 g/mol. The van der Waals surface area contributed by atoms with Crippen molar-refractivity contribution in [1.29, 1.82) is 0 Å². The minimum absolute atomic E-state index is 0.245. The first-order chi connectivity index (χ1) is 8.26. The highest BCUT2D eigenvalue weighted by atomic mass is 16.4. The largest absolute Gasteiger partial charge is 0.409 e. The molecule has 5 nitrogen and oxygen atoms in total. The van der Waals surface area contributed by atoms with E-state index in [1.807, 2.05) is 18.2 Å². The predicted octanol–water partition coefficient (Wildman–Crippen LogP) is 1.13. The molecule has 1 atom stereocenters. The molecular weight excluding hydrogens is 216 g/mol. The van der Waals surface area contributed by atoms with Crippen molar-refractivity contribution in [3.05, 3.63) is 30.1 Å². The summed E-state index contributed by atoms with van der Waals surface area (Å²) in [6.07, 6.45) is 4.18. The van der Waals surface area contributed by atoms with E-state index in [0.717, 1.165) is 25.1 Å². The third-order valence-corrected chi connectivity index (χ3v) is 2.62. The van der Waals surface area contributed by atoms with Crippen LogP contribution in [0.25, 0.3) is 0 Å². The van der Waals surface area contributed by atoms with Gasteiger partial charge in [0, 0.05) is 37.3 Å². The van der Waals surface area contributed by atoms with Crippen LogP contribution < -0.4 is 11.1 Å². The van der Waals surface area contributed by atoms with Crippen LogP contribution >= 0.6 is 0 Å². The molecule has 0 aliphatic heterocycles. The van der Waals surface area contributed by atoms with Crippen LogP contribution in [0.15, 0.2) is 29.6 Å². The molecule has 94 valence electrons. The van der Waals surface area contributed by atoms with E-state index in [-0.39, 0.29) is 11.9 Å². The van der Waals surface area contributed by atoms with E-state index in [2.05, 4.69) is 22.4 Å². The van der Waals surface area contributed by atoms with Crippen molar-refractivity contribution < 1.29 is 5.21 Å². The highest BCUT2D eigenvalue weighted by Crippen LogP contribution is 1.99. The van der Waals surface area contributed by atoms with Crippen LogP contribution in [0, 0.1) is 0 Å². The fourth-order valence-corrected chi connectivity index (χ4v) is 1.60. The average molecular weight is 236 g/mol. The Morgan fingerprint density at radius 2 is 2.41 bits per heavy atom. The van der Waals surface area contributed by atoms with E-state index < -0.39 is 0 Å². The topological polar surface area (TPSA) is 83.5 Å². The van der Waals surface area contributed by atoms with Crippen LogP contribution in [0.5, 0.6) is 0 Å². The third kappa shape index (κ3) is 5.31. The number of nitrogens with two attached hydrogens (primary N) is 1. The second-order valence-electron chi connectivity index (χ2n) is 3.93. The Bertz CT molecular complexity index is 340. The molecule has 0 saturated carbocycles. The molecule has 0 spiro atoms. The number of hydrogen-bond donors (Lipinski definition) is 3. The van der Waals surface area contributed by atoms with E-state index in [1.165, 1.54) is 0 Å². The summed E-state index contributed by atoms with van der Waals surface area (Å²) in [6, 6.07) is 6.14. The van der Waals surface area contributed by atoms with Crippen molar-refractivity contribution in [2.45, 2.75) is 32.2 Å². The maximum Gasteiger partial charge on any atom is 0.140 e. The standard InChI is InChI=1S/C12H20N4O/c1-2-10(9-12(13)16-17)15-8-6-11-5-3-4-7-14-11/h3-5,7,10,15,17H,2,6,8-9H2,1H3,(H2,13,16). The second-order valence-corrected chi connectivity index (χ2v) is 3.93. The molecule has 1 unspecified atom stereocenters. The minimum Gasteiger partial charge on any atom is -0.409 e. The van der Waals surface area contributed by atoms with Gasteiger partial charge in [-0.3, -0.25) is 4.98 Å². The van der Waals surface area contributed by atoms with E-state index in [0.29, 0.717) is 6.42 Å². The van der Waals surface area contributed by atoms with Gasteiger partial charge in [0.15, 0.2) is 0 Å². The first-order valence-electron chi connectivity index (χ1n) is 5.86. The molecule has 0 aromatic carbocycles. The number of hydrogen-bond acceptors (Lipinski definition) is 4. The zero-order valence-electron chi connectivity index (χ0n) is 10.1. The number of rotatable bonds is 7. The van der Waals surface area contributed by atoms with Gasteiger partial charge in [-0.2, -0.15) is 0 Å². The number of nitrogens with zero attached hydrogens (tertiary/aromatic N) is 2. The summed E-state index contributed by atoms with van der Waals surface area (Å²) >= 11 is 0. The number of oxime groups is 1. The van der Waals surface area contributed by atoms with Gasteiger partial charge in [0.1, 0.15) is 5.84 Å². The van der Waals surface area contributed by atoms with Crippen LogP contribution in [0.4, 0.5) is 0 Å². The lowest BCUT2D eigenvalue weighted by Crippen LogP contribution is -2.34. The van der Waals surface area contributed by atoms with Gasteiger partial charge in [-0.1, -0.05) is 18.1 Å². The number of aromatic nitrogens is 1. The van der Waals surface area contributed by atoms with Crippen molar-refractivity contribution >= 4 is 5.84 Å².